The van der Waals surface area contributed by atoms with Crippen molar-refractivity contribution in [1.29, 1.82) is 0 Å². The number of benzene rings is 2. The number of rotatable bonds is 6. The Morgan fingerprint density at radius 1 is 1.08 bits per heavy atom. The monoisotopic (exact) mass is 368 g/mol. The third-order valence-electron chi connectivity index (χ3n) is 4.22. The van der Waals surface area contributed by atoms with Gasteiger partial charge in [-0.1, -0.05) is 48.0 Å². The van der Waals surface area contributed by atoms with Crippen LogP contribution in [0.3, 0.4) is 0 Å². The zero-order chi connectivity index (χ0) is 18.5. The highest BCUT2D eigenvalue weighted by Gasteiger charge is 2.24. The van der Waals surface area contributed by atoms with Crippen LogP contribution < -0.4 is 10.6 Å². The highest BCUT2D eigenvalue weighted by Crippen LogP contribution is 2.24. The van der Waals surface area contributed by atoms with Crippen molar-refractivity contribution in [1.82, 2.24) is 5.32 Å². The Bertz CT molecular complexity index is 863. The molecule has 1 aromatic heterocycles. The Kier molecular flexibility index (Phi) is 5.76. The topological polar surface area (TPSA) is 54.3 Å². The van der Waals surface area contributed by atoms with Crippen LogP contribution in [-0.2, 0) is 4.79 Å². The second-order valence-corrected chi connectivity index (χ2v) is 6.61. The number of hydrogen-bond acceptors (Lipinski definition) is 3. The smallest absolute Gasteiger partial charge is 0.246 e. The van der Waals surface area contributed by atoms with E-state index in [0.29, 0.717) is 10.7 Å². The van der Waals surface area contributed by atoms with E-state index in [1.807, 2.05) is 68.4 Å². The Hall–Kier alpha value is -2.56. The molecule has 0 aliphatic carbocycles. The molecule has 0 radical (unpaired) electrons. The molecular formula is C21H21ClN2O2. The molecule has 0 fully saturated rings. The van der Waals surface area contributed by atoms with Gasteiger partial charge < -0.3 is 9.73 Å². The van der Waals surface area contributed by atoms with Crippen LogP contribution in [0.5, 0.6) is 0 Å². The summed E-state index contributed by atoms with van der Waals surface area (Å²) >= 11 is 6.17. The summed E-state index contributed by atoms with van der Waals surface area (Å²) in [7, 11) is 0. The number of furan rings is 1. The molecule has 2 N–H and O–H groups in total. The highest BCUT2D eigenvalue weighted by atomic mass is 35.5. The van der Waals surface area contributed by atoms with Crippen molar-refractivity contribution in [3.8, 4) is 0 Å². The predicted octanol–water partition coefficient (Wildman–Crippen LogP) is 5.27. The molecule has 0 aliphatic rings. The molecule has 2 aromatic carbocycles. The van der Waals surface area contributed by atoms with E-state index in [2.05, 4.69) is 10.6 Å². The van der Waals surface area contributed by atoms with Gasteiger partial charge in [-0.3, -0.25) is 10.1 Å². The molecule has 4 nitrogen and oxygen atoms in total. The van der Waals surface area contributed by atoms with Crippen molar-refractivity contribution < 1.29 is 9.21 Å². The zero-order valence-corrected chi connectivity index (χ0v) is 15.5. The molecule has 2 atom stereocenters. The fourth-order valence-corrected chi connectivity index (χ4v) is 2.90. The Labute approximate surface area is 158 Å². The lowest BCUT2D eigenvalue weighted by molar-refractivity contribution is -0.118. The first-order chi connectivity index (χ1) is 12.5. The summed E-state index contributed by atoms with van der Waals surface area (Å²) in [4.78, 5) is 13.0. The van der Waals surface area contributed by atoms with Crippen LogP contribution >= 0.6 is 11.6 Å². The summed E-state index contributed by atoms with van der Waals surface area (Å²) in [6.07, 6.45) is 1.62. The van der Waals surface area contributed by atoms with Gasteiger partial charge in [0.25, 0.3) is 0 Å². The lowest BCUT2D eigenvalue weighted by Crippen LogP contribution is -2.34. The first-order valence-corrected chi connectivity index (χ1v) is 8.84. The Balaban J connectivity index is 1.82. The van der Waals surface area contributed by atoms with Crippen molar-refractivity contribution in [2.75, 3.05) is 5.32 Å². The summed E-state index contributed by atoms with van der Waals surface area (Å²) < 4.78 is 5.45. The van der Waals surface area contributed by atoms with Crippen LogP contribution in [0, 0.1) is 6.92 Å². The summed E-state index contributed by atoms with van der Waals surface area (Å²) in [6.45, 7) is 3.89. The molecule has 0 aliphatic heterocycles. The normalized spacial score (nSPS) is 13.2. The van der Waals surface area contributed by atoms with E-state index in [1.165, 1.54) is 0 Å². The van der Waals surface area contributed by atoms with Crippen molar-refractivity contribution in [2.45, 2.75) is 25.9 Å². The SMILES string of the molecule is Cc1ccc(NC(=O)[C@H](N[C@@H](C)c2ccco2)c2ccccc2)cc1Cl. The van der Waals surface area contributed by atoms with Crippen molar-refractivity contribution in [3.05, 3.63) is 88.8 Å². The quantitative estimate of drug-likeness (QED) is 0.623. The van der Waals surface area contributed by atoms with E-state index < -0.39 is 6.04 Å². The number of aryl methyl sites for hydroxylation is 1. The minimum absolute atomic E-state index is 0.123. The molecule has 134 valence electrons. The van der Waals surface area contributed by atoms with E-state index in [9.17, 15) is 4.79 Å². The van der Waals surface area contributed by atoms with Gasteiger partial charge in [-0.15, -0.1) is 0 Å². The number of carbonyl (C=O) groups excluding carboxylic acids is 1. The highest BCUT2D eigenvalue weighted by molar-refractivity contribution is 6.31. The maximum absolute atomic E-state index is 13.0. The summed E-state index contributed by atoms with van der Waals surface area (Å²) in [6, 6.07) is 18.2. The number of amides is 1. The average molecular weight is 369 g/mol. The van der Waals surface area contributed by atoms with Crippen LogP contribution in [0.2, 0.25) is 5.02 Å². The van der Waals surface area contributed by atoms with Crippen LogP contribution in [0.1, 0.15) is 35.9 Å². The molecule has 0 bridgehead atoms. The Morgan fingerprint density at radius 3 is 2.50 bits per heavy atom. The van der Waals surface area contributed by atoms with Crippen LogP contribution in [-0.4, -0.2) is 5.91 Å². The van der Waals surface area contributed by atoms with E-state index in [1.54, 1.807) is 12.3 Å². The number of carbonyl (C=O) groups is 1. The van der Waals surface area contributed by atoms with Gasteiger partial charge in [0.05, 0.1) is 12.3 Å². The molecule has 5 heteroatoms. The van der Waals surface area contributed by atoms with E-state index in [-0.39, 0.29) is 11.9 Å². The van der Waals surface area contributed by atoms with Gasteiger partial charge in [-0.05, 0) is 49.2 Å². The van der Waals surface area contributed by atoms with Gasteiger partial charge in [0.2, 0.25) is 5.91 Å². The number of hydrogen-bond donors (Lipinski definition) is 2. The maximum atomic E-state index is 13.0. The van der Waals surface area contributed by atoms with Crippen molar-refractivity contribution in [3.63, 3.8) is 0 Å². The Morgan fingerprint density at radius 2 is 1.85 bits per heavy atom. The molecular weight excluding hydrogens is 348 g/mol. The molecule has 0 unspecified atom stereocenters. The molecule has 1 amide bonds. The third kappa shape index (κ3) is 4.34. The lowest BCUT2D eigenvalue weighted by atomic mass is 10.0. The lowest BCUT2D eigenvalue weighted by Gasteiger charge is -2.22. The fourth-order valence-electron chi connectivity index (χ4n) is 2.72. The van der Waals surface area contributed by atoms with Crippen molar-refractivity contribution >= 4 is 23.2 Å². The summed E-state index contributed by atoms with van der Waals surface area (Å²) in [5.74, 6) is 0.617. The number of anilines is 1. The first kappa shape index (κ1) is 18.2. The van der Waals surface area contributed by atoms with E-state index >= 15 is 0 Å². The number of halogens is 1. The first-order valence-electron chi connectivity index (χ1n) is 8.46. The minimum Gasteiger partial charge on any atom is -0.468 e. The molecule has 3 rings (SSSR count). The molecule has 0 saturated heterocycles. The van der Waals surface area contributed by atoms with E-state index in [4.69, 9.17) is 16.0 Å². The van der Waals surface area contributed by atoms with Crippen molar-refractivity contribution in [2.24, 2.45) is 0 Å². The second-order valence-electron chi connectivity index (χ2n) is 6.20. The zero-order valence-electron chi connectivity index (χ0n) is 14.7. The van der Waals surface area contributed by atoms with Gasteiger partial charge in [-0.25, -0.2) is 0 Å². The molecule has 0 saturated carbocycles. The van der Waals surface area contributed by atoms with Gasteiger partial charge in [0.1, 0.15) is 11.8 Å². The predicted molar refractivity (Wildman–Crippen MR) is 104 cm³/mol. The minimum atomic E-state index is -0.531. The van der Waals surface area contributed by atoms with Crippen LogP contribution in [0.4, 0.5) is 5.69 Å². The second kappa shape index (κ2) is 8.21. The summed E-state index contributed by atoms with van der Waals surface area (Å²) in [5.41, 5.74) is 2.51. The standard InChI is InChI=1S/C21H21ClN2O2/c1-14-10-11-17(13-18(14)22)24-21(25)20(16-7-4-3-5-8-16)23-15(2)19-9-6-12-26-19/h3-13,15,20,23H,1-2H3,(H,24,25)/t15-,20+/m0/s1. The van der Waals surface area contributed by atoms with Gasteiger partial charge >= 0.3 is 0 Å². The molecule has 0 spiro atoms. The molecule has 1 heterocycles. The molecule has 3 aromatic rings. The van der Waals surface area contributed by atoms with Gasteiger partial charge in [-0.2, -0.15) is 0 Å². The van der Waals surface area contributed by atoms with Crippen LogP contribution in [0.25, 0.3) is 0 Å². The number of nitrogens with one attached hydrogen (secondary N) is 2. The largest absolute Gasteiger partial charge is 0.468 e. The van der Waals surface area contributed by atoms with E-state index in [0.717, 1.165) is 16.9 Å². The van der Waals surface area contributed by atoms with Gasteiger partial charge in [0, 0.05) is 10.7 Å². The average Bonchev–Trinajstić information content (AvgIpc) is 3.18. The third-order valence-corrected chi connectivity index (χ3v) is 4.63. The fraction of sp³-hybridized carbons (Fsp3) is 0.190. The van der Waals surface area contributed by atoms with Gasteiger partial charge in [0.15, 0.2) is 0 Å². The summed E-state index contributed by atoms with van der Waals surface area (Å²) in [5, 5.41) is 6.91. The molecule has 26 heavy (non-hydrogen) atoms. The maximum Gasteiger partial charge on any atom is 0.246 e. The van der Waals surface area contributed by atoms with Crippen LogP contribution in [0.15, 0.2) is 71.3 Å².